The molecule has 2 rings (SSSR count). The van der Waals surface area contributed by atoms with E-state index >= 15 is 0 Å². The molecule has 0 aliphatic carbocycles. The third kappa shape index (κ3) is 32.6. The second kappa shape index (κ2) is 38.9. The molecule has 0 fully saturated rings. The molecule has 296 valence electrons. The van der Waals surface area contributed by atoms with E-state index in [1.807, 2.05) is 0 Å². The van der Waals surface area contributed by atoms with Crippen molar-refractivity contribution < 1.29 is 19.8 Å². The minimum atomic E-state index is -0.915. The maximum absolute atomic E-state index is 10.5. The largest absolute Gasteiger partial charge is 2.00 e. The van der Waals surface area contributed by atoms with Gasteiger partial charge in [-0.3, -0.25) is 0 Å². The van der Waals surface area contributed by atoms with Gasteiger partial charge in [-0.1, -0.05) is 216 Å². The number of carboxylic acids is 2. The third-order valence-electron chi connectivity index (χ3n) is 10.7. The molecule has 0 aliphatic heterocycles. The van der Waals surface area contributed by atoms with Gasteiger partial charge in [0.05, 0.1) is 0 Å². The number of carbonyl (C=O) groups excluding carboxylic acids is 2. The summed E-state index contributed by atoms with van der Waals surface area (Å²) in [5.74, 6) is -0.501. The first-order valence-electron chi connectivity index (χ1n) is 22.0. The number of rotatable bonds is 34. The molecule has 0 aliphatic rings. The Kier molecular flexibility index (Phi) is 37.9. The summed E-state index contributed by atoms with van der Waals surface area (Å²) in [4.78, 5) is 20.9. The molecule has 0 heterocycles. The number of benzene rings is 2. The number of carbonyl (C=O) groups is 2. The molecule has 0 radical (unpaired) electrons. The molecule has 0 saturated heterocycles. The number of hydrogen-bond acceptors (Lipinski definition) is 4. The van der Waals surface area contributed by atoms with Crippen LogP contribution in [-0.4, -0.2) is 49.7 Å². The predicted octanol–water partition coefficient (Wildman–Crippen LogP) is 12.4. The second-order valence-electron chi connectivity index (χ2n) is 15.4. The Bertz CT molecular complexity index is 974. The monoisotopic (exact) mass is 759 g/mol. The summed E-state index contributed by atoms with van der Waals surface area (Å²) in [7, 11) is 0. The van der Waals surface area contributed by atoms with Crippen LogP contribution in [0.2, 0.25) is 0 Å². The van der Waals surface area contributed by atoms with Gasteiger partial charge in [0, 0.05) is 11.9 Å². The third-order valence-corrected chi connectivity index (χ3v) is 10.7. The van der Waals surface area contributed by atoms with Gasteiger partial charge in [-0.15, -0.1) is 0 Å². The zero-order valence-corrected chi connectivity index (χ0v) is 36.7. The first kappa shape index (κ1) is 51.6. The average molecular weight is 759 g/mol. The van der Waals surface area contributed by atoms with Crippen molar-refractivity contribution in [2.45, 2.75) is 218 Å². The minimum Gasteiger partial charge on any atom is -0.550 e. The van der Waals surface area contributed by atoms with E-state index in [0.29, 0.717) is 11.8 Å². The van der Waals surface area contributed by atoms with Crippen LogP contribution in [-0.2, 0) is 9.59 Å². The van der Waals surface area contributed by atoms with Crippen LogP contribution in [0, 0.1) is 0 Å². The number of aliphatic carboxylic acids is 2. The quantitative estimate of drug-likeness (QED) is 0.0526. The Labute approximate surface area is 357 Å². The van der Waals surface area contributed by atoms with E-state index in [2.05, 4.69) is 74.5 Å². The first-order valence-corrected chi connectivity index (χ1v) is 22.0. The Hall–Kier alpha value is -1.36. The molecule has 0 aromatic heterocycles. The van der Waals surface area contributed by atoms with E-state index in [4.69, 9.17) is 0 Å². The topological polar surface area (TPSA) is 80.3 Å². The van der Waals surface area contributed by atoms with E-state index < -0.39 is 11.9 Å². The zero-order valence-electron chi connectivity index (χ0n) is 34.5. The Morgan fingerprint density at radius 3 is 0.906 bits per heavy atom. The van der Waals surface area contributed by atoms with E-state index in [9.17, 15) is 19.8 Å². The van der Waals surface area contributed by atoms with Crippen LogP contribution in [0.25, 0.3) is 0 Å². The Morgan fingerprint density at radius 1 is 0.396 bits per heavy atom. The van der Waals surface area contributed by atoms with Gasteiger partial charge in [0.2, 0.25) is 0 Å². The Balaban J connectivity index is 0.00000100. The molecule has 4 nitrogen and oxygen atoms in total. The molecule has 5 heteroatoms. The van der Waals surface area contributed by atoms with Crippen LogP contribution < -0.4 is 10.2 Å². The van der Waals surface area contributed by atoms with Gasteiger partial charge in [-0.2, -0.15) is 0 Å². The van der Waals surface area contributed by atoms with E-state index in [1.54, 1.807) is 0 Å². The van der Waals surface area contributed by atoms with Crippen LogP contribution in [0.4, 0.5) is 0 Å². The molecule has 0 amide bonds. The predicted molar refractivity (Wildman–Crippen MR) is 224 cm³/mol. The van der Waals surface area contributed by atoms with E-state index in [1.165, 1.54) is 152 Å². The summed E-state index contributed by atoms with van der Waals surface area (Å²) in [5.41, 5.74) is 2.95. The van der Waals surface area contributed by atoms with Gasteiger partial charge in [-0.05, 0) is 74.3 Å². The van der Waals surface area contributed by atoms with Gasteiger partial charge < -0.3 is 19.8 Å². The molecule has 0 spiro atoms. The van der Waals surface area contributed by atoms with Crippen molar-refractivity contribution in [2.75, 3.05) is 0 Å². The van der Waals surface area contributed by atoms with Crippen molar-refractivity contribution in [3.8, 4) is 0 Å². The van der Waals surface area contributed by atoms with Gasteiger partial charge in [0.1, 0.15) is 0 Å². The normalized spacial score (nSPS) is 12.0. The second-order valence-corrected chi connectivity index (χ2v) is 15.4. The summed E-state index contributed by atoms with van der Waals surface area (Å²) in [6.45, 7) is 4.54. The maximum atomic E-state index is 10.5. The standard InChI is InChI=1S/2C24H40O2.Ca/c2*1-2-3-4-5-6-7-8-12-17-22(23-19-14-11-15-20-23)18-13-9-10-16-21-24(25)26;/h2*11,14-15,19-20,22H,2-10,12-13,16-18,21H2,1H3,(H,25,26);/q;;+2/p-2. The van der Waals surface area contributed by atoms with Crippen molar-refractivity contribution in [1.82, 2.24) is 0 Å². The fourth-order valence-corrected chi connectivity index (χ4v) is 7.48. The Morgan fingerprint density at radius 2 is 0.642 bits per heavy atom. The van der Waals surface area contributed by atoms with E-state index in [-0.39, 0.29) is 50.6 Å². The molecule has 2 unspecified atom stereocenters. The van der Waals surface area contributed by atoms with Crippen molar-refractivity contribution in [3.05, 3.63) is 71.8 Å². The fraction of sp³-hybridized carbons (Fsp3) is 0.708. The van der Waals surface area contributed by atoms with Crippen molar-refractivity contribution in [3.63, 3.8) is 0 Å². The molecule has 2 aromatic carbocycles. The van der Waals surface area contributed by atoms with Crippen LogP contribution >= 0.6 is 0 Å². The summed E-state index contributed by atoms with van der Waals surface area (Å²) < 4.78 is 0. The van der Waals surface area contributed by atoms with Gasteiger partial charge in [-0.25, -0.2) is 0 Å². The van der Waals surface area contributed by atoms with Crippen molar-refractivity contribution >= 4 is 49.7 Å². The zero-order chi connectivity index (χ0) is 37.7. The van der Waals surface area contributed by atoms with Gasteiger partial charge in [0.15, 0.2) is 0 Å². The van der Waals surface area contributed by atoms with Crippen LogP contribution in [0.3, 0.4) is 0 Å². The molecular formula is C48H78CaO4. The molecule has 2 aromatic rings. The molecule has 0 N–H and O–H groups in total. The van der Waals surface area contributed by atoms with Crippen molar-refractivity contribution in [2.24, 2.45) is 0 Å². The molecule has 2 atom stereocenters. The SMILES string of the molecule is CCCCCCCCCCC(CCCCCCC(=O)[O-])c1ccccc1.CCCCCCCCCCC(CCCCCCC(=O)[O-])c1ccccc1.[Ca+2]. The summed E-state index contributed by atoms with van der Waals surface area (Å²) in [6, 6.07) is 21.9. The maximum Gasteiger partial charge on any atom is 2.00 e. The van der Waals surface area contributed by atoms with Crippen LogP contribution in [0.15, 0.2) is 60.7 Å². The van der Waals surface area contributed by atoms with Crippen molar-refractivity contribution in [1.29, 1.82) is 0 Å². The number of hydrogen-bond donors (Lipinski definition) is 0. The van der Waals surface area contributed by atoms with E-state index in [0.717, 1.165) is 38.5 Å². The average Bonchev–Trinajstić information content (AvgIpc) is 3.15. The smallest absolute Gasteiger partial charge is 0.550 e. The minimum absolute atomic E-state index is 0. The van der Waals surface area contributed by atoms with Gasteiger partial charge >= 0.3 is 37.7 Å². The van der Waals surface area contributed by atoms with Crippen LogP contribution in [0.5, 0.6) is 0 Å². The molecule has 0 bridgehead atoms. The number of unbranched alkanes of at least 4 members (excludes halogenated alkanes) is 20. The number of carboxylic acid groups (broad SMARTS) is 2. The molecule has 53 heavy (non-hydrogen) atoms. The summed E-state index contributed by atoms with van der Waals surface area (Å²) in [6.07, 6.45) is 35.6. The fourth-order valence-electron chi connectivity index (χ4n) is 7.48. The molecule has 0 saturated carbocycles. The first-order chi connectivity index (χ1) is 25.5. The van der Waals surface area contributed by atoms with Gasteiger partial charge in [0.25, 0.3) is 0 Å². The summed E-state index contributed by atoms with van der Waals surface area (Å²) in [5, 5.41) is 20.9. The summed E-state index contributed by atoms with van der Waals surface area (Å²) >= 11 is 0. The molecular weight excluding hydrogens is 681 g/mol. The van der Waals surface area contributed by atoms with Crippen LogP contribution in [0.1, 0.15) is 229 Å².